The molecule has 1 aromatic rings. The van der Waals surface area contributed by atoms with Crippen LogP contribution in [0.25, 0.3) is 0 Å². The molecule has 0 fully saturated rings. The van der Waals surface area contributed by atoms with E-state index in [0.29, 0.717) is 0 Å². The van der Waals surface area contributed by atoms with E-state index in [1.165, 1.54) is 13.0 Å². The second-order valence-corrected chi connectivity index (χ2v) is 4.55. The predicted octanol–water partition coefficient (Wildman–Crippen LogP) is 2.82. The highest BCUT2D eigenvalue weighted by atomic mass is 32.2. The van der Waals surface area contributed by atoms with Gasteiger partial charge < -0.3 is 14.3 Å². The van der Waals surface area contributed by atoms with Crippen LogP contribution in [0.4, 0.5) is 13.2 Å². The molecule has 0 bridgehead atoms. The molecule has 0 aliphatic carbocycles. The van der Waals surface area contributed by atoms with Crippen LogP contribution in [0, 0.1) is 4.78 Å². The van der Waals surface area contributed by atoms with Crippen LogP contribution < -0.4 is 9.47 Å². The number of rotatable bonds is 3. The minimum atomic E-state index is -4.50. The highest BCUT2D eigenvalue weighted by molar-refractivity contribution is 7.60. The Bertz CT molecular complexity index is 694. The molecule has 11 heteroatoms. The Kier molecular flexibility index (Phi) is 6.37. The largest absolute Gasteiger partial charge is 0.454 e. The van der Waals surface area contributed by atoms with Crippen LogP contribution in [-0.4, -0.2) is 27.5 Å². The Morgan fingerprint density at radius 2 is 1.87 bits per heavy atom. The summed E-state index contributed by atoms with van der Waals surface area (Å²) in [5.41, 5.74) is -0.768. The fraction of sp³-hybridized carbons (Fsp3) is 0.417. The van der Waals surface area contributed by atoms with Crippen molar-refractivity contribution < 1.29 is 35.9 Å². The number of fused-ring (bicyclic) bond motifs is 1. The monoisotopic (exact) mass is 354 g/mol. The van der Waals surface area contributed by atoms with Crippen LogP contribution in [0.5, 0.6) is 11.5 Å². The van der Waals surface area contributed by atoms with Crippen molar-refractivity contribution in [1.82, 2.24) is 0 Å². The molecule has 1 aliphatic rings. The molecule has 23 heavy (non-hydrogen) atoms. The minimum Gasteiger partial charge on any atom is -0.454 e. The van der Waals surface area contributed by atoms with Crippen LogP contribution in [0.2, 0.25) is 0 Å². The lowest BCUT2D eigenvalue weighted by Crippen LogP contribution is -2.12. The molecule has 1 heterocycles. The first-order chi connectivity index (χ1) is 10.7. The molecule has 1 N–H and O–H groups in total. The summed E-state index contributed by atoms with van der Waals surface area (Å²) in [7, 11) is -2.61. The number of benzene rings is 1. The second-order valence-electron chi connectivity index (χ2n) is 4.08. The van der Waals surface area contributed by atoms with Gasteiger partial charge in [-0.3, -0.25) is 0 Å². The highest BCUT2D eigenvalue weighted by Crippen LogP contribution is 2.41. The van der Waals surface area contributed by atoms with E-state index in [1.807, 2.05) is 0 Å². The molecule has 0 amide bonds. The van der Waals surface area contributed by atoms with Gasteiger partial charge in [0.05, 0.1) is 11.3 Å². The smallest absolute Gasteiger partial charge is 0.417 e. The van der Waals surface area contributed by atoms with Crippen molar-refractivity contribution in [2.75, 3.05) is 13.4 Å². The van der Waals surface area contributed by atoms with Gasteiger partial charge in [-0.05, 0) is 26.0 Å². The molecule has 7 nitrogen and oxygen atoms in total. The SMILES string of the molecule is CCO/N=C(\C)c1cc2c(cc1C(F)(F)F)OCO2.N=S(=O)=O. The molecule has 2 rings (SSSR count). The van der Waals surface area contributed by atoms with Gasteiger partial charge in [0, 0.05) is 5.56 Å². The van der Waals surface area contributed by atoms with Crippen LogP contribution in [-0.2, 0) is 21.5 Å². The third-order valence-corrected chi connectivity index (χ3v) is 2.54. The average Bonchev–Trinajstić information content (AvgIpc) is 2.89. The summed E-state index contributed by atoms with van der Waals surface area (Å²) in [6, 6.07) is 2.19. The summed E-state index contributed by atoms with van der Waals surface area (Å²) >= 11 is 0. The Morgan fingerprint density at radius 3 is 2.35 bits per heavy atom. The Hall–Kier alpha value is -2.30. The van der Waals surface area contributed by atoms with E-state index >= 15 is 0 Å². The summed E-state index contributed by atoms with van der Waals surface area (Å²) < 4.78 is 71.9. The Labute approximate surface area is 131 Å². The maximum atomic E-state index is 13.0. The standard InChI is InChI=1S/C12H12F3NO3.HNO2S/c1-3-19-16-7(2)8-4-10-11(18-6-17-10)5-9(8)12(13,14)15;1-4(2)3/h4-5H,3,6H2,1-2H3;1H/b16-7+;. The Balaban J connectivity index is 0.000000593. The van der Waals surface area contributed by atoms with Crippen LogP contribution >= 0.6 is 0 Å². The van der Waals surface area contributed by atoms with E-state index in [1.54, 1.807) is 6.92 Å². The van der Waals surface area contributed by atoms with Gasteiger partial charge in [0.2, 0.25) is 6.79 Å². The first-order valence-corrected chi connectivity index (χ1v) is 7.22. The lowest BCUT2D eigenvalue weighted by molar-refractivity contribution is -0.137. The number of ether oxygens (including phenoxy) is 2. The third-order valence-electron chi connectivity index (χ3n) is 2.54. The molecular formula is C12H13F3N2O5S. The summed E-state index contributed by atoms with van der Waals surface area (Å²) in [6.07, 6.45) is -4.50. The fourth-order valence-electron chi connectivity index (χ4n) is 1.69. The molecule has 0 atom stereocenters. The number of oxime groups is 1. The number of hydrogen-bond donors (Lipinski definition) is 1. The molecule has 0 radical (unpaired) electrons. The van der Waals surface area contributed by atoms with E-state index in [-0.39, 0.29) is 36.2 Å². The average molecular weight is 354 g/mol. The van der Waals surface area contributed by atoms with E-state index in [9.17, 15) is 13.2 Å². The second kappa shape index (κ2) is 7.81. The van der Waals surface area contributed by atoms with Gasteiger partial charge in [0.1, 0.15) is 6.61 Å². The third kappa shape index (κ3) is 5.43. The molecule has 1 aromatic carbocycles. The summed E-state index contributed by atoms with van der Waals surface area (Å²) in [4.78, 5) is 4.79. The zero-order valence-electron chi connectivity index (χ0n) is 12.1. The van der Waals surface area contributed by atoms with Crippen molar-refractivity contribution in [3.63, 3.8) is 0 Å². The van der Waals surface area contributed by atoms with Gasteiger partial charge in [-0.1, -0.05) is 5.16 Å². The van der Waals surface area contributed by atoms with Crippen molar-refractivity contribution in [2.24, 2.45) is 5.16 Å². The van der Waals surface area contributed by atoms with E-state index in [4.69, 9.17) is 27.5 Å². The van der Waals surface area contributed by atoms with Gasteiger partial charge >= 0.3 is 16.7 Å². The van der Waals surface area contributed by atoms with E-state index < -0.39 is 22.2 Å². The summed E-state index contributed by atoms with van der Waals surface area (Å²) in [5, 5.41) is 3.63. The van der Waals surface area contributed by atoms with Crippen molar-refractivity contribution >= 4 is 16.2 Å². The zero-order chi connectivity index (χ0) is 17.6. The Morgan fingerprint density at radius 1 is 1.35 bits per heavy atom. The molecule has 128 valence electrons. The van der Waals surface area contributed by atoms with Crippen molar-refractivity contribution in [2.45, 2.75) is 20.0 Å². The van der Waals surface area contributed by atoms with Gasteiger partial charge in [0.25, 0.3) is 0 Å². The summed E-state index contributed by atoms with van der Waals surface area (Å²) in [6.45, 7) is 3.34. The summed E-state index contributed by atoms with van der Waals surface area (Å²) in [5.74, 6) is 0.356. The quantitative estimate of drug-likeness (QED) is 0.665. The molecule has 0 aromatic heterocycles. The van der Waals surface area contributed by atoms with Gasteiger partial charge in [-0.15, -0.1) is 0 Å². The first-order valence-electron chi connectivity index (χ1n) is 6.15. The number of nitrogens with one attached hydrogen (secondary N) is 1. The predicted molar refractivity (Wildman–Crippen MR) is 73.0 cm³/mol. The van der Waals surface area contributed by atoms with Crippen molar-refractivity contribution in [3.8, 4) is 11.5 Å². The van der Waals surface area contributed by atoms with Crippen LogP contribution in [0.3, 0.4) is 0 Å². The van der Waals surface area contributed by atoms with E-state index in [0.717, 1.165) is 6.07 Å². The van der Waals surface area contributed by atoms with Crippen molar-refractivity contribution in [1.29, 1.82) is 4.78 Å². The molecule has 0 unspecified atom stereocenters. The fourth-order valence-corrected chi connectivity index (χ4v) is 1.69. The lowest BCUT2D eigenvalue weighted by atomic mass is 10.0. The first kappa shape index (κ1) is 18.7. The molecular weight excluding hydrogens is 341 g/mol. The number of halogens is 3. The maximum Gasteiger partial charge on any atom is 0.417 e. The molecule has 0 spiro atoms. The lowest BCUT2D eigenvalue weighted by Gasteiger charge is -2.13. The van der Waals surface area contributed by atoms with E-state index in [2.05, 4.69) is 5.16 Å². The number of hydrogen-bond acceptors (Lipinski definition) is 7. The van der Waals surface area contributed by atoms with Gasteiger partial charge in [-0.25, -0.2) is 0 Å². The molecule has 1 aliphatic heterocycles. The van der Waals surface area contributed by atoms with Gasteiger partial charge in [0.15, 0.2) is 11.5 Å². The van der Waals surface area contributed by atoms with Crippen molar-refractivity contribution in [3.05, 3.63) is 23.3 Å². The normalized spacial score (nSPS) is 13.2. The van der Waals surface area contributed by atoms with Crippen LogP contribution in [0.1, 0.15) is 25.0 Å². The highest BCUT2D eigenvalue weighted by Gasteiger charge is 2.36. The topological polar surface area (TPSA) is 98.0 Å². The van der Waals surface area contributed by atoms with Crippen LogP contribution in [0.15, 0.2) is 17.3 Å². The number of alkyl halides is 3. The molecule has 0 saturated heterocycles. The molecule has 0 saturated carbocycles. The van der Waals surface area contributed by atoms with Gasteiger partial charge in [-0.2, -0.15) is 26.4 Å². The number of nitrogens with zero attached hydrogens (tertiary/aromatic N) is 1. The minimum absolute atomic E-state index is 0.0785. The zero-order valence-corrected chi connectivity index (χ0v) is 12.9. The maximum absolute atomic E-state index is 13.0.